The molecule has 0 aliphatic heterocycles. The third kappa shape index (κ3) is 5.59. The molecule has 0 aliphatic rings. The molecule has 0 radical (unpaired) electrons. The lowest BCUT2D eigenvalue weighted by atomic mass is 10.1. The Balaban J connectivity index is 2.20. The van der Waals surface area contributed by atoms with Gasteiger partial charge < -0.3 is 10.6 Å². The summed E-state index contributed by atoms with van der Waals surface area (Å²) < 4.78 is 25.0. The van der Waals surface area contributed by atoms with Gasteiger partial charge in [0.2, 0.25) is 10.0 Å². The molecule has 0 fully saturated rings. The first-order chi connectivity index (χ1) is 12.3. The molecule has 138 valence electrons. The molecule has 3 N–H and O–H groups in total. The Labute approximate surface area is 152 Å². The molecular weight excluding hydrogens is 354 g/mol. The van der Waals surface area contributed by atoms with Crippen LogP contribution in [0.5, 0.6) is 0 Å². The van der Waals surface area contributed by atoms with Crippen LogP contribution in [0.3, 0.4) is 0 Å². The van der Waals surface area contributed by atoms with E-state index in [0.29, 0.717) is 17.8 Å². The van der Waals surface area contributed by atoms with Gasteiger partial charge >= 0.3 is 0 Å². The van der Waals surface area contributed by atoms with Crippen LogP contribution in [0.2, 0.25) is 0 Å². The van der Waals surface area contributed by atoms with Gasteiger partial charge in [0.15, 0.2) is 0 Å². The maximum absolute atomic E-state index is 12.5. The van der Waals surface area contributed by atoms with Crippen LogP contribution >= 0.6 is 0 Å². The van der Waals surface area contributed by atoms with E-state index in [1.54, 1.807) is 42.5 Å². The lowest BCUT2D eigenvalue weighted by Crippen LogP contribution is -2.25. The second-order valence-corrected chi connectivity index (χ2v) is 7.46. The predicted molar refractivity (Wildman–Crippen MR) is 102 cm³/mol. The van der Waals surface area contributed by atoms with Crippen LogP contribution in [0, 0.1) is 0 Å². The Morgan fingerprint density at radius 1 is 1.00 bits per heavy atom. The summed E-state index contributed by atoms with van der Waals surface area (Å²) in [7, 11) is -3.44. The first-order valence-corrected chi connectivity index (χ1v) is 9.95. The van der Waals surface area contributed by atoms with Crippen molar-refractivity contribution in [2.45, 2.75) is 13.3 Å². The number of benzene rings is 2. The van der Waals surface area contributed by atoms with Crippen molar-refractivity contribution in [2.24, 2.45) is 0 Å². The predicted octanol–water partition coefficient (Wildman–Crippen LogP) is 2.45. The van der Waals surface area contributed by atoms with Crippen molar-refractivity contribution in [1.29, 1.82) is 0 Å². The highest BCUT2D eigenvalue weighted by molar-refractivity contribution is 7.92. The number of para-hydroxylation sites is 1. The summed E-state index contributed by atoms with van der Waals surface area (Å²) >= 11 is 0. The van der Waals surface area contributed by atoms with Crippen LogP contribution in [0.25, 0.3) is 0 Å². The van der Waals surface area contributed by atoms with Gasteiger partial charge in [-0.15, -0.1) is 0 Å². The maximum atomic E-state index is 12.5. The number of nitrogens with one attached hydrogen (secondary N) is 3. The lowest BCUT2D eigenvalue weighted by molar-refractivity contribution is 0.0954. The molecule has 0 aliphatic carbocycles. The molecule has 2 aromatic carbocycles. The van der Waals surface area contributed by atoms with Gasteiger partial charge in [-0.3, -0.25) is 14.3 Å². The van der Waals surface area contributed by atoms with Crippen LogP contribution in [0.4, 0.5) is 11.4 Å². The quantitative estimate of drug-likeness (QED) is 0.691. The molecule has 0 spiro atoms. The van der Waals surface area contributed by atoms with Crippen LogP contribution in [0.15, 0.2) is 48.5 Å². The topological polar surface area (TPSA) is 104 Å². The largest absolute Gasteiger partial charge is 0.352 e. The van der Waals surface area contributed by atoms with Crippen LogP contribution < -0.4 is 15.4 Å². The molecular formula is C18H21N3O4S. The third-order valence-corrected chi connectivity index (χ3v) is 3.99. The summed E-state index contributed by atoms with van der Waals surface area (Å²) in [5.41, 5.74) is 1.30. The highest BCUT2D eigenvalue weighted by atomic mass is 32.2. The number of sulfonamides is 1. The van der Waals surface area contributed by atoms with E-state index in [1.165, 1.54) is 6.07 Å². The van der Waals surface area contributed by atoms with E-state index >= 15 is 0 Å². The van der Waals surface area contributed by atoms with Crippen LogP contribution in [-0.4, -0.2) is 33.0 Å². The van der Waals surface area contributed by atoms with Gasteiger partial charge in [0.25, 0.3) is 11.8 Å². The summed E-state index contributed by atoms with van der Waals surface area (Å²) in [5.74, 6) is -0.715. The van der Waals surface area contributed by atoms with Crippen LogP contribution in [-0.2, 0) is 10.0 Å². The highest BCUT2D eigenvalue weighted by Gasteiger charge is 2.14. The van der Waals surface area contributed by atoms with E-state index in [4.69, 9.17) is 0 Å². The molecule has 2 aromatic rings. The van der Waals surface area contributed by atoms with Crippen molar-refractivity contribution >= 4 is 33.2 Å². The molecule has 0 aromatic heterocycles. The fourth-order valence-electron chi connectivity index (χ4n) is 2.26. The number of hydrogen-bond donors (Lipinski definition) is 3. The number of anilines is 2. The van der Waals surface area contributed by atoms with E-state index in [9.17, 15) is 18.0 Å². The molecule has 0 unspecified atom stereocenters. The van der Waals surface area contributed by atoms with Crippen molar-refractivity contribution in [1.82, 2.24) is 5.32 Å². The van der Waals surface area contributed by atoms with Crippen molar-refractivity contribution in [3.63, 3.8) is 0 Å². The normalized spacial score (nSPS) is 10.8. The van der Waals surface area contributed by atoms with E-state index < -0.39 is 15.9 Å². The molecule has 0 atom stereocenters. The van der Waals surface area contributed by atoms with Crippen molar-refractivity contribution < 1.29 is 18.0 Å². The molecule has 26 heavy (non-hydrogen) atoms. The third-order valence-electron chi connectivity index (χ3n) is 3.38. The number of amides is 2. The zero-order chi connectivity index (χ0) is 19.2. The Bertz CT molecular complexity index is 910. The minimum atomic E-state index is -3.44. The molecule has 7 nitrogen and oxygen atoms in total. The van der Waals surface area contributed by atoms with Gasteiger partial charge in [0.1, 0.15) is 0 Å². The van der Waals surface area contributed by atoms with Gasteiger partial charge in [0.05, 0.1) is 17.5 Å². The molecule has 2 rings (SSSR count). The summed E-state index contributed by atoms with van der Waals surface area (Å²) in [6.07, 6.45) is 1.84. The molecule has 0 heterocycles. The van der Waals surface area contributed by atoms with Gasteiger partial charge in [-0.25, -0.2) is 8.42 Å². The van der Waals surface area contributed by atoms with E-state index in [-0.39, 0.29) is 17.2 Å². The summed E-state index contributed by atoms with van der Waals surface area (Å²) in [4.78, 5) is 24.7. The smallest absolute Gasteiger partial charge is 0.255 e. The number of carbonyl (C=O) groups is 2. The first kappa shape index (κ1) is 19.5. The van der Waals surface area contributed by atoms with Gasteiger partial charge in [-0.05, 0) is 36.8 Å². The Kier molecular flexibility index (Phi) is 6.35. The number of carbonyl (C=O) groups excluding carboxylic acids is 2. The Morgan fingerprint density at radius 3 is 2.42 bits per heavy atom. The zero-order valence-corrected chi connectivity index (χ0v) is 15.4. The molecule has 0 saturated carbocycles. The zero-order valence-electron chi connectivity index (χ0n) is 14.6. The molecule has 0 saturated heterocycles. The fraction of sp³-hybridized carbons (Fsp3) is 0.222. The number of rotatable bonds is 7. The fourth-order valence-corrected chi connectivity index (χ4v) is 2.81. The summed E-state index contributed by atoms with van der Waals surface area (Å²) in [6, 6.07) is 12.8. The maximum Gasteiger partial charge on any atom is 0.255 e. The SMILES string of the molecule is CCCNC(=O)c1ccccc1NC(=O)c1cccc(NS(C)(=O)=O)c1. The lowest BCUT2D eigenvalue weighted by Gasteiger charge is -2.12. The van der Waals surface area contributed by atoms with Crippen LogP contribution in [0.1, 0.15) is 34.1 Å². The van der Waals surface area contributed by atoms with Crippen molar-refractivity contribution in [2.75, 3.05) is 22.8 Å². The highest BCUT2D eigenvalue weighted by Crippen LogP contribution is 2.18. The minimum absolute atomic E-state index is 0.266. The Hall–Kier alpha value is -2.87. The van der Waals surface area contributed by atoms with Crippen molar-refractivity contribution in [3.8, 4) is 0 Å². The average molecular weight is 375 g/mol. The van der Waals surface area contributed by atoms with Gasteiger partial charge in [-0.1, -0.05) is 25.1 Å². The Morgan fingerprint density at radius 2 is 1.73 bits per heavy atom. The second-order valence-electron chi connectivity index (χ2n) is 5.71. The summed E-state index contributed by atoms with van der Waals surface area (Å²) in [5, 5.41) is 5.47. The molecule has 0 bridgehead atoms. The second kappa shape index (κ2) is 8.48. The van der Waals surface area contributed by atoms with Gasteiger partial charge in [-0.2, -0.15) is 0 Å². The van der Waals surface area contributed by atoms with Crippen molar-refractivity contribution in [3.05, 3.63) is 59.7 Å². The molecule has 2 amide bonds. The molecule has 8 heteroatoms. The van der Waals surface area contributed by atoms with E-state index in [1.807, 2.05) is 6.92 Å². The monoisotopic (exact) mass is 375 g/mol. The first-order valence-electron chi connectivity index (χ1n) is 8.06. The average Bonchev–Trinajstić information content (AvgIpc) is 2.59. The van der Waals surface area contributed by atoms with Gasteiger partial charge in [0, 0.05) is 17.8 Å². The standard InChI is InChI=1S/C18H21N3O4S/c1-3-11-19-18(23)15-9-4-5-10-16(15)20-17(22)13-7-6-8-14(12-13)21-26(2,24)25/h4-10,12,21H,3,11H2,1-2H3,(H,19,23)(H,20,22). The van der Waals surface area contributed by atoms with E-state index in [0.717, 1.165) is 12.7 Å². The summed E-state index contributed by atoms with van der Waals surface area (Å²) in [6.45, 7) is 2.49. The van der Waals surface area contributed by atoms with E-state index in [2.05, 4.69) is 15.4 Å². The minimum Gasteiger partial charge on any atom is -0.352 e. The number of hydrogen-bond acceptors (Lipinski definition) is 4.